The number of aryl methyl sites for hydroxylation is 3. The summed E-state index contributed by atoms with van der Waals surface area (Å²) in [6.07, 6.45) is 5.79. The molecule has 3 heterocycles. The maximum absolute atomic E-state index is 9.24. The van der Waals surface area contributed by atoms with E-state index in [1.807, 2.05) is 48.7 Å². The first-order chi connectivity index (χ1) is 34.9. The smallest absolute Gasteiger partial charge is 0.120 e. The van der Waals surface area contributed by atoms with E-state index < -0.39 is 26.4 Å². The van der Waals surface area contributed by atoms with Crippen LogP contribution in [0.4, 0.5) is 0 Å². The minimum absolute atomic E-state index is 0. The Labute approximate surface area is 418 Å². The zero-order chi connectivity index (χ0) is 54.8. The molecule has 1 aliphatic rings. The van der Waals surface area contributed by atoms with Gasteiger partial charge < -0.3 is 14.4 Å². The molecule has 3 aromatic heterocycles. The first-order valence-corrected chi connectivity index (χ1v) is 22.5. The van der Waals surface area contributed by atoms with Crippen molar-refractivity contribution in [1.82, 2.24) is 9.97 Å². The van der Waals surface area contributed by atoms with Crippen molar-refractivity contribution in [2.45, 2.75) is 132 Å². The van der Waals surface area contributed by atoms with Crippen molar-refractivity contribution in [3.63, 3.8) is 0 Å². The maximum Gasteiger partial charge on any atom is 0.120 e. The molecule has 1 radical (unpaired) electrons. The molecule has 0 bridgehead atoms. The first kappa shape index (κ1) is 35.1. The fraction of sp³-hybridized carbons (Fsp3) is 0.344. The number of fused-ring (bicyclic) bond motifs is 3. The monoisotopic (exact) mass is 1050 g/mol. The summed E-state index contributed by atoms with van der Waals surface area (Å²) in [4.78, 5) is 9.07. The van der Waals surface area contributed by atoms with Crippen molar-refractivity contribution in [1.29, 1.82) is 0 Å². The Bertz CT molecular complexity index is 3380. The van der Waals surface area contributed by atoms with Crippen molar-refractivity contribution < 1.29 is 39.6 Å². The van der Waals surface area contributed by atoms with Crippen LogP contribution in [0.1, 0.15) is 160 Å². The van der Waals surface area contributed by atoms with E-state index >= 15 is 0 Å². The number of benzene rings is 5. The average molecular weight is 1050 g/mol. The van der Waals surface area contributed by atoms with Crippen LogP contribution in [0.3, 0.4) is 0 Å². The number of nitrogens with zero attached hydrogens (tertiary/aromatic N) is 2. The van der Waals surface area contributed by atoms with Gasteiger partial charge >= 0.3 is 0 Å². The fourth-order valence-corrected chi connectivity index (χ4v) is 8.87. The predicted molar refractivity (Wildman–Crippen MR) is 271 cm³/mol. The molecule has 0 spiro atoms. The molecule has 4 heteroatoms. The molecule has 0 saturated heterocycles. The third kappa shape index (κ3) is 10.2. The second kappa shape index (κ2) is 19.4. The second-order valence-electron chi connectivity index (χ2n) is 19.7. The van der Waals surface area contributed by atoms with Crippen LogP contribution in [0.15, 0.2) is 120 Å². The van der Waals surface area contributed by atoms with Gasteiger partial charge in [-0.05, 0) is 142 Å². The zero-order valence-electron chi connectivity index (χ0n) is 50.0. The van der Waals surface area contributed by atoms with Crippen LogP contribution >= 0.6 is 0 Å². The third-order valence-electron chi connectivity index (χ3n) is 12.8. The van der Waals surface area contributed by atoms with E-state index in [4.69, 9.17) is 18.1 Å². The summed E-state index contributed by atoms with van der Waals surface area (Å²) >= 11 is 0. The number of hydrogen-bond donors (Lipinski definition) is 0. The van der Waals surface area contributed by atoms with Crippen LogP contribution in [-0.2, 0) is 25.5 Å². The van der Waals surface area contributed by atoms with Crippen LogP contribution in [0.2, 0.25) is 0 Å². The molecule has 5 aromatic carbocycles. The molecular formula is C61H66IrN2O-2. The molecule has 0 unspecified atom stereocenters. The Balaban J connectivity index is 0.000000228. The van der Waals surface area contributed by atoms with E-state index in [0.29, 0.717) is 46.4 Å². The van der Waals surface area contributed by atoms with Crippen LogP contribution in [0.5, 0.6) is 0 Å². The van der Waals surface area contributed by atoms with Gasteiger partial charge in [0.15, 0.2) is 0 Å². The molecule has 0 atom stereocenters. The van der Waals surface area contributed by atoms with E-state index in [1.54, 1.807) is 18.2 Å². The average Bonchev–Trinajstić information content (AvgIpc) is 3.75. The molecule has 65 heavy (non-hydrogen) atoms. The summed E-state index contributed by atoms with van der Waals surface area (Å²) in [5.41, 5.74) is 9.70. The minimum Gasteiger partial charge on any atom is -0.501 e. The van der Waals surface area contributed by atoms with Gasteiger partial charge in [0.25, 0.3) is 0 Å². The van der Waals surface area contributed by atoms with E-state index in [9.17, 15) is 1.37 Å². The normalized spacial score (nSPS) is 17.7. The van der Waals surface area contributed by atoms with Crippen LogP contribution in [0.25, 0.3) is 66.7 Å². The summed E-state index contributed by atoms with van der Waals surface area (Å²) in [6, 6.07) is 36.1. The summed E-state index contributed by atoms with van der Waals surface area (Å²) < 4.78 is 99.1. The first-order valence-electron chi connectivity index (χ1n) is 28.0. The Hall–Kier alpha value is -5.15. The SMILES string of the molecule is [2H]C([2H])([2H])c1c[c-]c(-c2cc(C(C)(C)C)ccn2)cc1-c1c(C(C)C)cccc1C(C)C.[2H]c1cc(C2([2H])CCC(C)(C)CC2)cc(C([2H])([2H])[2H])c1-c1cc(-c2[c-]ccc3c2oc2ccccc23)ncc1C([2H])([2H])[2H].[Ir]. The van der Waals surface area contributed by atoms with Crippen molar-refractivity contribution in [3.05, 3.63) is 167 Å². The van der Waals surface area contributed by atoms with Gasteiger partial charge in [0.1, 0.15) is 5.58 Å². The van der Waals surface area contributed by atoms with Gasteiger partial charge in [0.05, 0.1) is 6.95 Å². The molecule has 0 N–H and O–H groups in total. The minimum atomic E-state index is -2.66. The number of rotatable bonds is 7. The van der Waals surface area contributed by atoms with Crippen LogP contribution < -0.4 is 0 Å². The van der Waals surface area contributed by atoms with Gasteiger partial charge in [0, 0.05) is 51.6 Å². The van der Waals surface area contributed by atoms with Gasteiger partial charge in [-0.15, -0.1) is 47.5 Å². The van der Waals surface area contributed by atoms with Gasteiger partial charge in [-0.1, -0.05) is 152 Å². The van der Waals surface area contributed by atoms with E-state index in [0.717, 1.165) is 57.1 Å². The summed E-state index contributed by atoms with van der Waals surface area (Å²) in [6.45, 7) is 12.0. The van der Waals surface area contributed by atoms with Gasteiger partial charge in [-0.2, -0.15) is 0 Å². The second-order valence-corrected chi connectivity index (χ2v) is 19.7. The predicted octanol–water partition coefficient (Wildman–Crippen LogP) is 17.5. The number of furan rings is 1. The van der Waals surface area contributed by atoms with Crippen LogP contribution in [-0.4, -0.2) is 9.97 Å². The Morgan fingerprint density at radius 3 is 2.17 bits per heavy atom. The number of aromatic nitrogens is 2. The molecule has 0 aliphatic heterocycles. The maximum atomic E-state index is 9.24. The van der Waals surface area contributed by atoms with E-state index in [1.165, 1.54) is 23.9 Å². The fourth-order valence-electron chi connectivity index (χ4n) is 8.87. The molecular weight excluding hydrogens is 969 g/mol. The Morgan fingerprint density at radius 1 is 0.754 bits per heavy atom. The van der Waals surface area contributed by atoms with Crippen molar-refractivity contribution in [2.24, 2.45) is 5.41 Å². The Kier molecular flexibility index (Phi) is 10.5. The van der Waals surface area contributed by atoms with E-state index in [-0.39, 0.29) is 71.1 Å². The molecule has 1 aliphatic carbocycles. The molecule has 8 aromatic rings. The van der Waals surface area contributed by atoms with Gasteiger partial charge in [-0.25, -0.2) is 0 Å². The summed E-state index contributed by atoms with van der Waals surface area (Å²) in [5.74, 6) is -0.488. The van der Waals surface area contributed by atoms with Crippen LogP contribution in [0, 0.1) is 38.1 Å². The van der Waals surface area contributed by atoms with Crippen molar-refractivity contribution in [3.8, 4) is 44.8 Å². The quantitative estimate of drug-likeness (QED) is 0.149. The number of pyridine rings is 2. The molecule has 1 fully saturated rings. The van der Waals surface area contributed by atoms with E-state index in [2.05, 4.69) is 109 Å². The molecule has 337 valence electrons. The third-order valence-corrected chi connectivity index (χ3v) is 12.8. The zero-order valence-corrected chi connectivity index (χ0v) is 41.4. The van der Waals surface area contributed by atoms with Crippen molar-refractivity contribution in [2.75, 3.05) is 0 Å². The molecule has 1 saturated carbocycles. The molecule has 9 rings (SSSR count). The van der Waals surface area contributed by atoms with Gasteiger partial charge in [0.2, 0.25) is 0 Å². The number of hydrogen-bond acceptors (Lipinski definition) is 3. The summed E-state index contributed by atoms with van der Waals surface area (Å²) in [5, 5.41) is 1.76. The van der Waals surface area contributed by atoms with Crippen molar-refractivity contribution >= 4 is 21.9 Å². The molecule has 3 nitrogen and oxygen atoms in total. The Morgan fingerprint density at radius 2 is 1.48 bits per heavy atom. The largest absolute Gasteiger partial charge is 0.501 e. The standard InChI is InChI=1S/C33H32NO.C28H34N.Ir/c1-21-18-24(23-14-16-33(3,4)17-15-23)12-13-25(21)29-19-30(34-20-22(29)2)28-10-7-9-27-26-8-5-6-11-31(26)35-32(27)28;1-18(2)23-10-9-11-24(19(3)4)27(23)25-16-21(13-12-20(25)5)26-17-22(14-15-29-26)28(6,7)8;/h5-9,11-13,18-20,23H,14-17H2,1-4H3;9-12,14-19H,1-8H3;/q2*-1;/i1D3,2D3,13D,23D;5D3;. The molecule has 0 amide bonds. The number of para-hydroxylation sites is 1. The van der Waals surface area contributed by atoms with Gasteiger partial charge in [-0.3, -0.25) is 0 Å². The summed E-state index contributed by atoms with van der Waals surface area (Å²) in [7, 11) is 0. The topological polar surface area (TPSA) is 38.9 Å².